The number of carbonyl (C=O) groups is 3. The standard InChI is InChI=1S/C23H34N4O7/c1-13(2)11-27-20(24)18(21(30)25-23(27)32)26(7-8-33-3)17(28)12-34-22(31)16-9-14-5-4-6-15(10-16)19(14)29/h13-16H,4-12,24H2,1-3H3,(H,25,30,32). The summed E-state index contributed by atoms with van der Waals surface area (Å²) in [7, 11) is 1.44. The first-order valence-electron chi connectivity index (χ1n) is 11.8. The SMILES string of the molecule is COCCN(C(=O)COC(=O)C1CC2CCCC(C1)C2=O)c1c(N)n(CC(C)C)c(=O)[nH]c1=O. The van der Waals surface area contributed by atoms with Crippen LogP contribution in [0, 0.1) is 23.7 Å². The van der Waals surface area contributed by atoms with Crippen LogP contribution < -0.4 is 21.9 Å². The maximum absolute atomic E-state index is 13.1. The Labute approximate surface area is 197 Å². The summed E-state index contributed by atoms with van der Waals surface area (Å²) in [5.41, 5.74) is 4.49. The van der Waals surface area contributed by atoms with Gasteiger partial charge in [-0.3, -0.25) is 33.6 Å². The lowest BCUT2D eigenvalue weighted by Crippen LogP contribution is -2.45. The van der Waals surface area contributed by atoms with E-state index in [9.17, 15) is 24.0 Å². The smallest absolute Gasteiger partial charge is 0.330 e. The predicted octanol–water partition coefficient (Wildman–Crippen LogP) is 0.693. The summed E-state index contributed by atoms with van der Waals surface area (Å²) in [5.74, 6) is -1.67. The van der Waals surface area contributed by atoms with Gasteiger partial charge in [0.1, 0.15) is 11.6 Å². The highest BCUT2D eigenvalue weighted by Crippen LogP contribution is 2.40. The zero-order valence-electron chi connectivity index (χ0n) is 20.0. The van der Waals surface area contributed by atoms with Crippen molar-refractivity contribution in [1.82, 2.24) is 9.55 Å². The van der Waals surface area contributed by atoms with Gasteiger partial charge in [0, 0.05) is 32.0 Å². The number of aromatic nitrogens is 2. The monoisotopic (exact) mass is 478 g/mol. The first kappa shape index (κ1) is 25.7. The van der Waals surface area contributed by atoms with Crippen molar-refractivity contribution in [3.8, 4) is 0 Å². The number of rotatable bonds is 9. The van der Waals surface area contributed by atoms with Crippen molar-refractivity contribution in [3.63, 3.8) is 0 Å². The van der Waals surface area contributed by atoms with E-state index in [0.29, 0.717) is 12.8 Å². The number of nitrogen functional groups attached to an aromatic ring is 1. The molecule has 1 aromatic rings. The molecule has 0 radical (unpaired) electrons. The Hall–Kier alpha value is -2.95. The number of anilines is 2. The Morgan fingerprint density at radius 2 is 1.82 bits per heavy atom. The molecule has 2 saturated carbocycles. The number of nitrogens with zero attached hydrogens (tertiary/aromatic N) is 2. The van der Waals surface area contributed by atoms with Gasteiger partial charge in [-0.15, -0.1) is 0 Å². The van der Waals surface area contributed by atoms with E-state index in [1.807, 2.05) is 13.8 Å². The lowest BCUT2D eigenvalue weighted by Gasteiger charge is -2.36. The van der Waals surface area contributed by atoms with Crippen LogP contribution in [0.4, 0.5) is 11.5 Å². The van der Waals surface area contributed by atoms with Crippen molar-refractivity contribution in [1.29, 1.82) is 0 Å². The molecule has 0 spiro atoms. The lowest BCUT2D eigenvalue weighted by atomic mass is 9.67. The van der Waals surface area contributed by atoms with Gasteiger partial charge in [0.15, 0.2) is 12.3 Å². The Bertz CT molecular complexity index is 1030. The second-order valence-electron chi connectivity index (χ2n) is 9.54. The van der Waals surface area contributed by atoms with Crippen molar-refractivity contribution < 1.29 is 23.9 Å². The second kappa shape index (κ2) is 11.0. The molecule has 1 aromatic heterocycles. The van der Waals surface area contributed by atoms with Crippen molar-refractivity contribution >= 4 is 29.2 Å². The Morgan fingerprint density at radius 3 is 2.41 bits per heavy atom. The first-order valence-corrected chi connectivity index (χ1v) is 11.8. The van der Waals surface area contributed by atoms with Crippen LogP contribution in [-0.2, 0) is 30.4 Å². The highest BCUT2D eigenvalue weighted by molar-refractivity contribution is 5.97. The number of nitrogens with one attached hydrogen (secondary N) is 1. The normalized spacial score (nSPS) is 22.0. The maximum Gasteiger partial charge on any atom is 0.330 e. The summed E-state index contributed by atoms with van der Waals surface area (Å²) < 4.78 is 11.6. The van der Waals surface area contributed by atoms with Gasteiger partial charge >= 0.3 is 11.7 Å². The minimum atomic E-state index is -0.808. The molecule has 2 unspecified atom stereocenters. The third-order valence-corrected chi connectivity index (χ3v) is 6.57. The number of nitrogens with two attached hydrogens (primary N) is 1. The molecule has 1 heterocycles. The second-order valence-corrected chi connectivity index (χ2v) is 9.54. The molecule has 34 heavy (non-hydrogen) atoms. The summed E-state index contributed by atoms with van der Waals surface area (Å²) in [4.78, 5) is 66.2. The fraction of sp³-hybridized carbons (Fsp3) is 0.696. The zero-order valence-corrected chi connectivity index (χ0v) is 20.0. The largest absolute Gasteiger partial charge is 0.455 e. The van der Waals surface area contributed by atoms with Gasteiger partial charge < -0.3 is 15.2 Å². The van der Waals surface area contributed by atoms with E-state index in [0.717, 1.165) is 24.2 Å². The molecule has 2 aliphatic carbocycles. The molecule has 0 saturated heterocycles. The predicted molar refractivity (Wildman–Crippen MR) is 124 cm³/mol. The van der Waals surface area contributed by atoms with Gasteiger partial charge in [-0.1, -0.05) is 20.3 Å². The summed E-state index contributed by atoms with van der Waals surface area (Å²) in [5, 5.41) is 0. The molecule has 2 atom stereocenters. The van der Waals surface area contributed by atoms with Crippen LogP contribution in [0.25, 0.3) is 0 Å². The molecule has 2 bridgehead atoms. The number of H-pyrrole nitrogens is 1. The number of ether oxygens (including phenoxy) is 2. The Balaban J connectivity index is 1.76. The van der Waals surface area contributed by atoms with E-state index in [1.165, 1.54) is 11.7 Å². The molecular formula is C23H34N4O7. The van der Waals surface area contributed by atoms with Gasteiger partial charge in [-0.25, -0.2) is 4.79 Å². The lowest BCUT2D eigenvalue weighted by molar-refractivity contribution is -0.156. The minimum absolute atomic E-state index is 0.0257. The number of Topliss-reactive ketones (excluding diaryl/α,β-unsaturated/α-hetero) is 1. The average Bonchev–Trinajstić information content (AvgIpc) is 2.76. The molecule has 11 nitrogen and oxygen atoms in total. The van der Waals surface area contributed by atoms with Crippen molar-refractivity contribution in [3.05, 3.63) is 20.8 Å². The quantitative estimate of drug-likeness (QED) is 0.492. The number of amides is 1. The molecule has 0 aromatic carbocycles. The number of ketones is 1. The van der Waals surface area contributed by atoms with E-state index in [4.69, 9.17) is 15.2 Å². The Morgan fingerprint density at radius 1 is 1.18 bits per heavy atom. The van der Waals surface area contributed by atoms with Crippen LogP contribution in [0.3, 0.4) is 0 Å². The van der Waals surface area contributed by atoms with E-state index < -0.39 is 35.7 Å². The number of hydrogen-bond acceptors (Lipinski definition) is 8. The number of aromatic amines is 1. The van der Waals surface area contributed by atoms with Crippen molar-refractivity contribution in [2.75, 3.05) is 37.5 Å². The van der Waals surface area contributed by atoms with Gasteiger partial charge in [0.2, 0.25) is 0 Å². The summed E-state index contributed by atoms with van der Waals surface area (Å²) in [6.45, 7) is 3.50. The van der Waals surface area contributed by atoms with Crippen LogP contribution in [-0.4, -0.2) is 54.1 Å². The number of hydrogen-bond donors (Lipinski definition) is 2. The topological polar surface area (TPSA) is 154 Å². The highest BCUT2D eigenvalue weighted by atomic mass is 16.5. The third kappa shape index (κ3) is 5.57. The molecular weight excluding hydrogens is 444 g/mol. The molecule has 0 aliphatic heterocycles. The van der Waals surface area contributed by atoms with Gasteiger partial charge in [-0.2, -0.15) is 0 Å². The van der Waals surface area contributed by atoms with Crippen molar-refractivity contribution in [2.45, 2.75) is 52.5 Å². The molecule has 2 aliphatic rings. The minimum Gasteiger partial charge on any atom is -0.455 e. The van der Waals surface area contributed by atoms with Crippen LogP contribution >= 0.6 is 0 Å². The third-order valence-electron chi connectivity index (χ3n) is 6.57. The average molecular weight is 479 g/mol. The van der Waals surface area contributed by atoms with Crippen LogP contribution in [0.2, 0.25) is 0 Å². The fourth-order valence-corrected chi connectivity index (χ4v) is 4.93. The summed E-state index contributed by atoms with van der Waals surface area (Å²) in [6.07, 6.45) is 3.46. The van der Waals surface area contributed by atoms with Crippen LogP contribution in [0.5, 0.6) is 0 Å². The molecule has 3 N–H and O–H groups in total. The van der Waals surface area contributed by atoms with E-state index in [-0.39, 0.29) is 54.7 Å². The molecule has 3 rings (SSSR count). The van der Waals surface area contributed by atoms with E-state index in [2.05, 4.69) is 4.98 Å². The first-order chi connectivity index (χ1) is 16.1. The van der Waals surface area contributed by atoms with E-state index >= 15 is 0 Å². The van der Waals surface area contributed by atoms with Gasteiger partial charge in [-0.05, 0) is 31.6 Å². The summed E-state index contributed by atoms with van der Waals surface area (Å²) >= 11 is 0. The van der Waals surface area contributed by atoms with Crippen LogP contribution in [0.1, 0.15) is 46.0 Å². The fourth-order valence-electron chi connectivity index (χ4n) is 4.93. The number of esters is 1. The highest BCUT2D eigenvalue weighted by Gasteiger charge is 2.42. The van der Waals surface area contributed by atoms with Crippen LogP contribution in [0.15, 0.2) is 9.59 Å². The molecule has 11 heteroatoms. The Kier molecular flexibility index (Phi) is 8.29. The summed E-state index contributed by atoms with van der Waals surface area (Å²) in [6, 6.07) is 0. The molecule has 1 amide bonds. The maximum atomic E-state index is 13.1. The molecule has 2 fully saturated rings. The van der Waals surface area contributed by atoms with Gasteiger partial charge in [0.05, 0.1) is 12.5 Å². The molecule has 188 valence electrons. The number of carbonyl (C=O) groups excluding carboxylic acids is 3. The van der Waals surface area contributed by atoms with E-state index in [1.54, 1.807) is 0 Å². The zero-order chi connectivity index (χ0) is 25.0. The number of fused-ring (bicyclic) bond motifs is 2. The van der Waals surface area contributed by atoms with Gasteiger partial charge in [0.25, 0.3) is 11.5 Å². The number of methoxy groups -OCH3 is 1. The van der Waals surface area contributed by atoms with Crippen molar-refractivity contribution in [2.24, 2.45) is 23.7 Å².